The molecule has 0 aliphatic heterocycles. The minimum atomic E-state index is -1.11. The van der Waals surface area contributed by atoms with Gasteiger partial charge in [0, 0.05) is 0 Å². The molecule has 0 aliphatic rings. The average molecular weight is 288 g/mol. The quantitative estimate of drug-likeness (QED) is 0.897. The Labute approximate surface area is 109 Å². The zero-order valence-electron chi connectivity index (χ0n) is 9.34. The zero-order chi connectivity index (χ0) is 13.4. The first kappa shape index (κ1) is 12.7. The van der Waals surface area contributed by atoms with Crippen LogP contribution in [-0.4, -0.2) is 36.4 Å². The van der Waals surface area contributed by atoms with E-state index < -0.39 is 11.9 Å². The minimum Gasteiger partial charge on any atom is -0.494 e. The number of rotatable bonds is 4. The van der Waals surface area contributed by atoms with Crippen LogP contribution >= 0.6 is 22.7 Å². The average Bonchev–Trinajstić information content (AvgIpc) is 2.82. The summed E-state index contributed by atoms with van der Waals surface area (Å²) in [6, 6.07) is 0. The lowest BCUT2D eigenvalue weighted by Crippen LogP contribution is -1.98. The van der Waals surface area contributed by atoms with Crippen molar-refractivity contribution in [3.05, 3.63) is 9.75 Å². The molecule has 0 saturated heterocycles. The van der Waals surface area contributed by atoms with E-state index >= 15 is 0 Å². The summed E-state index contributed by atoms with van der Waals surface area (Å²) >= 11 is 1.95. The van der Waals surface area contributed by atoms with Crippen molar-refractivity contribution in [1.29, 1.82) is 0 Å². The fourth-order valence-corrected chi connectivity index (χ4v) is 3.93. The van der Waals surface area contributed by atoms with Crippen molar-refractivity contribution in [2.75, 3.05) is 14.2 Å². The molecule has 0 saturated carbocycles. The number of fused-ring (bicyclic) bond motifs is 1. The van der Waals surface area contributed by atoms with Gasteiger partial charge in [-0.05, 0) is 0 Å². The molecule has 0 aromatic carbocycles. The Morgan fingerprint density at radius 3 is 1.61 bits per heavy atom. The van der Waals surface area contributed by atoms with E-state index in [2.05, 4.69) is 0 Å². The topological polar surface area (TPSA) is 93.1 Å². The predicted octanol–water partition coefficient (Wildman–Crippen LogP) is 2.38. The fraction of sp³-hybridized carbons (Fsp3) is 0.200. The molecule has 8 heteroatoms. The molecule has 18 heavy (non-hydrogen) atoms. The Bertz CT molecular complexity index is 587. The van der Waals surface area contributed by atoms with E-state index in [0.717, 1.165) is 22.7 Å². The Hall–Kier alpha value is -1.80. The van der Waals surface area contributed by atoms with E-state index in [4.69, 9.17) is 19.7 Å². The summed E-state index contributed by atoms with van der Waals surface area (Å²) in [5.41, 5.74) is 0. The van der Waals surface area contributed by atoms with Crippen molar-refractivity contribution in [1.82, 2.24) is 0 Å². The van der Waals surface area contributed by atoms with Crippen LogP contribution in [0.3, 0.4) is 0 Å². The molecule has 0 aliphatic carbocycles. The van der Waals surface area contributed by atoms with Crippen LogP contribution in [0.25, 0.3) is 9.40 Å². The predicted molar refractivity (Wildman–Crippen MR) is 66.7 cm³/mol. The van der Waals surface area contributed by atoms with Crippen LogP contribution in [0, 0.1) is 0 Å². The molecule has 0 radical (unpaired) electrons. The number of carbonyl (C=O) groups is 2. The van der Waals surface area contributed by atoms with Gasteiger partial charge in [0.1, 0.15) is 0 Å². The number of carboxylic acids is 2. The SMILES string of the molecule is COc1c(C(=O)O)sc2sc(C(=O)O)c(OC)c12. The van der Waals surface area contributed by atoms with E-state index in [0.29, 0.717) is 9.40 Å². The molecule has 96 valence electrons. The highest BCUT2D eigenvalue weighted by Crippen LogP contribution is 2.49. The maximum Gasteiger partial charge on any atom is 0.349 e. The Balaban J connectivity index is 2.83. The van der Waals surface area contributed by atoms with Gasteiger partial charge in [-0.15, -0.1) is 22.7 Å². The van der Waals surface area contributed by atoms with Gasteiger partial charge in [-0.25, -0.2) is 9.59 Å². The van der Waals surface area contributed by atoms with Gasteiger partial charge in [0.25, 0.3) is 0 Å². The lowest BCUT2D eigenvalue weighted by atomic mass is 10.2. The maximum atomic E-state index is 11.0. The van der Waals surface area contributed by atoms with Gasteiger partial charge in [0.2, 0.25) is 0 Å². The highest BCUT2D eigenvalue weighted by molar-refractivity contribution is 7.40. The summed E-state index contributed by atoms with van der Waals surface area (Å²) in [4.78, 5) is 22.2. The van der Waals surface area contributed by atoms with Crippen LogP contribution in [0.2, 0.25) is 0 Å². The molecule has 6 nitrogen and oxygen atoms in total. The van der Waals surface area contributed by atoms with Gasteiger partial charge in [-0.3, -0.25) is 0 Å². The van der Waals surface area contributed by atoms with Crippen molar-refractivity contribution < 1.29 is 29.3 Å². The minimum absolute atomic E-state index is 0.0361. The third-order valence-electron chi connectivity index (χ3n) is 2.26. The Morgan fingerprint density at radius 1 is 0.944 bits per heavy atom. The Morgan fingerprint density at radius 2 is 1.33 bits per heavy atom. The summed E-state index contributed by atoms with van der Waals surface area (Å²) in [6.45, 7) is 0. The van der Waals surface area contributed by atoms with Gasteiger partial charge in [0.05, 0.1) is 23.6 Å². The van der Waals surface area contributed by atoms with E-state index in [-0.39, 0.29) is 21.3 Å². The van der Waals surface area contributed by atoms with E-state index in [1.165, 1.54) is 14.2 Å². The highest BCUT2D eigenvalue weighted by Gasteiger charge is 2.28. The second-order valence-corrected chi connectivity index (χ2v) is 5.50. The molecule has 0 fully saturated rings. The summed E-state index contributed by atoms with van der Waals surface area (Å²) in [5, 5.41) is 18.5. The monoisotopic (exact) mass is 288 g/mol. The van der Waals surface area contributed by atoms with Gasteiger partial charge in [0.15, 0.2) is 21.3 Å². The molecule has 0 spiro atoms. The van der Waals surface area contributed by atoms with Crippen molar-refractivity contribution in [2.24, 2.45) is 0 Å². The van der Waals surface area contributed by atoms with E-state index in [9.17, 15) is 9.59 Å². The number of ether oxygens (including phenoxy) is 2. The van der Waals surface area contributed by atoms with Crippen molar-refractivity contribution in [3.8, 4) is 11.5 Å². The lowest BCUT2D eigenvalue weighted by Gasteiger charge is -2.02. The van der Waals surface area contributed by atoms with Crippen molar-refractivity contribution >= 4 is 44.0 Å². The maximum absolute atomic E-state index is 11.0. The molecule has 2 aromatic rings. The molecule has 0 amide bonds. The summed E-state index contributed by atoms with van der Waals surface area (Å²) < 4.78 is 10.7. The zero-order valence-corrected chi connectivity index (χ0v) is 11.0. The number of thiophene rings is 2. The number of hydrogen-bond donors (Lipinski definition) is 2. The molecule has 2 rings (SSSR count). The number of aromatic carboxylic acids is 2. The first-order valence-corrected chi connectivity index (χ1v) is 6.28. The van der Waals surface area contributed by atoms with Gasteiger partial charge in [-0.2, -0.15) is 0 Å². The molecule has 2 N–H and O–H groups in total. The van der Waals surface area contributed by atoms with Crippen LogP contribution in [0.1, 0.15) is 19.3 Å². The van der Waals surface area contributed by atoms with Crippen LogP contribution in [-0.2, 0) is 0 Å². The summed E-state index contributed by atoms with van der Waals surface area (Å²) in [6.07, 6.45) is 0. The molecule has 0 bridgehead atoms. The van der Waals surface area contributed by atoms with Crippen LogP contribution < -0.4 is 9.47 Å². The molecule has 0 atom stereocenters. The standard InChI is InChI=1S/C10H8O6S2/c1-15-4-3-5(16-2)7(9(13)14)18-10(3)17-6(4)8(11)12/h1-2H3,(H,11,12)(H,13,14). The van der Waals surface area contributed by atoms with Gasteiger partial charge in [-0.1, -0.05) is 0 Å². The smallest absolute Gasteiger partial charge is 0.349 e. The van der Waals surface area contributed by atoms with Crippen LogP contribution in [0.15, 0.2) is 0 Å². The first-order chi connectivity index (χ1) is 8.51. The van der Waals surface area contributed by atoms with Gasteiger partial charge < -0.3 is 19.7 Å². The van der Waals surface area contributed by atoms with Crippen LogP contribution in [0.4, 0.5) is 0 Å². The largest absolute Gasteiger partial charge is 0.494 e. The van der Waals surface area contributed by atoms with Crippen LogP contribution in [0.5, 0.6) is 11.5 Å². The third kappa shape index (κ3) is 1.70. The van der Waals surface area contributed by atoms with Crippen molar-refractivity contribution in [2.45, 2.75) is 0 Å². The summed E-state index contributed by atoms with van der Waals surface area (Å²) in [7, 11) is 2.68. The molecule has 2 aromatic heterocycles. The Kier molecular flexibility index (Phi) is 3.14. The van der Waals surface area contributed by atoms with Gasteiger partial charge >= 0.3 is 11.9 Å². The third-order valence-corrected chi connectivity index (χ3v) is 4.66. The van der Waals surface area contributed by atoms with E-state index in [1.807, 2.05) is 0 Å². The number of hydrogen-bond acceptors (Lipinski definition) is 6. The second-order valence-electron chi connectivity index (χ2n) is 3.20. The molecular weight excluding hydrogens is 280 g/mol. The first-order valence-electron chi connectivity index (χ1n) is 4.65. The fourth-order valence-electron chi connectivity index (χ4n) is 1.59. The number of carboxylic acid groups (broad SMARTS) is 2. The molecular formula is C10H8O6S2. The normalized spacial score (nSPS) is 10.6. The highest BCUT2D eigenvalue weighted by atomic mass is 32.2. The lowest BCUT2D eigenvalue weighted by molar-refractivity contribution is 0.0689. The summed E-state index contributed by atoms with van der Waals surface area (Å²) in [5.74, 6) is -1.94. The molecule has 2 heterocycles. The second kappa shape index (κ2) is 4.46. The molecule has 0 unspecified atom stereocenters. The number of methoxy groups -OCH3 is 2. The van der Waals surface area contributed by atoms with E-state index in [1.54, 1.807) is 0 Å². The van der Waals surface area contributed by atoms with Crippen molar-refractivity contribution in [3.63, 3.8) is 0 Å².